The number of carbonyl (C=O) groups excluding carboxylic acids is 6. The molecule has 0 aromatic carbocycles. The lowest BCUT2D eigenvalue weighted by Crippen LogP contribution is -2.61. The summed E-state index contributed by atoms with van der Waals surface area (Å²) in [6.45, 7) is 7.21. The zero-order valence-electron chi connectivity index (χ0n) is 32.3. The molecule has 0 radical (unpaired) electrons. The Morgan fingerprint density at radius 3 is 1.38 bits per heavy atom. The zero-order chi connectivity index (χ0) is 42.2. The van der Waals surface area contributed by atoms with Crippen molar-refractivity contribution in [2.75, 3.05) is 19.6 Å². The number of carboxylic acids is 1. The summed E-state index contributed by atoms with van der Waals surface area (Å²) in [6.07, 6.45) is 1.60. The molecule has 314 valence electrons. The summed E-state index contributed by atoms with van der Waals surface area (Å²) in [5.41, 5.74) is 38.4. The number of nitrogens with one attached hydrogen (secondary N) is 5. The molecule has 0 aromatic heterocycles. The molecule has 0 aliphatic carbocycles. The van der Waals surface area contributed by atoms with E-state index in [9.17, 15) is 38.7 Å². The van der Waals surface area contributed by atoms with Crippen LogP contribution in [0.1, 0.15) is 85.5 Å². The zero-order valence-corrected chi connectivity index (χ0v) is 32.3. The summed E-state index contributed by atoms with van der Waals surface area (Å²) in [5, 5.41) is 22.4. The summed E-state index contributed by atoms with van der Waals surface area (Å²) < 4.78 is 0. The number of guanidine groups is 2. The maximum absolute atomic E-state index is 13.8. The second-order valence-electron chi connectivity index (χ2n) is 13.8. The van der Waals surface area contributed by atoms with Crippen molar-refractivity contribution < 1.29 is 38.7 Å². The Morgan fingerprint density at radius 1 is 0.545 bits per heavy atom. The molecule has 0 aromatic rings. The van der Waals surface area contributed by atoms with Gasteiger partial charge in [0, 0.05) is 19.5 Å². The highest BCUT2D eigenvalue weighted by atomic mass is 16.4. The molecule has 20 N–H and O–H groups in total. The minimum atomic E-state index is -1.45. The van der Waals surface area contributed by atoms with Crippen molar-refractivity contribution in [3.63, 3.8) is 0 Å². The lowest BCUT2D eigenvalue weighted by Gasteiger charge is -2.29. The van der Waals surface area contributed by atoms with Crippen LogP contribution in [0.4, 0.5) is 0 Å². The van der Waals surface area contributed by atoms with Crippen LogP contribution in [0.3, 0.4) is 0 Å². The number of hydrogen-bond acceptors (Lipinski definition) is 11. The summed E-state index contributed by atoms with van der Waals surface area (Å²) in [5.74, 6) is -7.22. The lowest BCUT2D eigenvalue weighted by molar-refractivity contribution is -0.143. The number of aliphatic imine (C=N–C) groups is 2. The second kappa shape index (κ2) is 26.5. The summed E-state index contributed by atoms with van der Waals surface area (Å²) in [4.78, 5) is 98.0. The average Bonchev–Trinajstić information content (AvgIpc) is 3.09. The number of aliphatic carboxylic acids is 1. The van der Waals surface area contributed by atoms with Crippen LogP contribution >= 0.6 is 0 Å². The number of amides is 6. The van der Waals surface area contributed by atoms with Crippen LogP contribution in [0.25, 0.3) is 0 Å². The van der Waals surface area contributed by atoms with Crippen molar-refractivity contribution in [2.24, 2.45) is 62.0 Å². The molecule has 22 heteroatoms. The predicted molar refractivity (Wildman–Crippen MR) is 206 cm³/mol. The van der Waals surface area contributed by atoms with Gasteiger partial charge in [-0.15, -0.1) is 0 Å². The molecule has 0 aliphatic rings. The van der Waals surface area contributed by atoms with Crippen molar-refractivity contribution in [1.29, 1.82) is 0 Å². The summed E-state index contributed by atoms with van der Waals surface area (Å²) in [7, 11) is 0. The third-order valence-electron chi connectivity index (χ3n) is 8.25. The van der Waals surface area contributed by atoms with Crippen LogP contribution in [-0.2, 0) is 33.6 Å². The molecule has 0 saturated carbocycles. The van der Waals surface area contributed by atoms with Crippen LogP contribution in [0, 0.1) is 11.8 Å². The van der Waals surface area contributed by atoms with Gasteiger partial charge in [0.1, 0.15) is 30.2 Å². The van der Waals surface area contributed by atoms with E-state index < -0.39 is 89.5 Å². The first kappa shape index (κ1) is 49.8. The number of primary amides is 1. The van der Waals surface area contributed by atoms with E-state index in [-0.39, 0.29) is 63.5 Å². The molecule has 0 unspecified atom stereocenters. The fourth-order valence-electron chi connectivity index (χ4n) is 5.11. The van der Waals surface area contributed by atoms with Gasteiger partial charge in [-0.05, 0) is 63.3 Å². The fourth-order valence-corrected chi connectivity index (χ4v) is 5.11. The van der Waals surface area contributed by atoms with E-state index in [0.29, 0.717) is 25.8 Å². The van der Waals surface area contributed by atoms with E-state index in [4.69, 9.17) is 40.1 Å². The third-order valence-corrected chi connectivity index (χ3v) is 8.25. The molecule has 0 saturated heterocycles. The SMILES string of the molecule is CC(C)[C@H](NC(=O)[C@H](CCCN=C(N)N)NC(=O)[C@H](CCCN=C(N)N)NC(=O)[C@@H](N)CCCCN)C(=O)N[C@H](C(=O)N[C@@H](CCC(N)=O)C(=O)O)C(C)C. The Morgan fingerprint density at radius 2 is 0.964 bits per heavy atom. The third kappa shape index (κ3) is 21.3. The molecule has 6 amide bonds. The molecular formula is C33H64N14O8. The van der Waals surface area contributed by atoms with Gasteiger partial charge in [-0.3, -0.25) is 38.8 Å². The van der Waals surface area contributed by atoms with Gasteiger partial charge in [0.2, 0.25) is 35.4 Å². The normalized spacial score (nSPS) is 14.3. The van der Waals surface area contributed by atoms with E-state index in [2.05, 4.69) is 36.6 Å². The average molecular weight is 785 g/mol. The highest BCUT2D eigenvalue weighted by Gasteiger charge is 2.34. The van der Waals surface area contributed by atoms with E-state index in [1.165, 1.54) is 0 Å². The Labute approximate surface area is 321 Å². The Kier molecular flexibility index (Phi) is 24.0. The smallest absolute Gasteiger partial charge is 0.326 e. The molecule has 0 aliphatic heterocycles. The molecule has 0 heterocycles. The van der Waals surface area contributed by atoms with Gasteiger partial charge in [-0.2, -0.15) is 0 Å². The van der Waals surface area contributed by atoms with Gasteiger partial charge in [-0.25, -0.2) is 4.79 Å². The van der Waals surface area contributed by atoms with Gasteiger partial charge < -0.3 is 71.8 Å². The van der Waals surface area contributed by atoms with Crippen molar-refractivity contribution in [1.82, 2.24) is 26.6 Å². The molecule has 0 bridgehead atoms. The van der Waals surface area contributed by atoms with Gasteiger partial charge in [0.15, 0.2) is 11.9 Å². The van der Waals surface area contributed by atoms with Gasteiger partial charge in [0.05, 0.1) is 6.04 Å². The van der Waals surface area contributed by atoms with Crippen molar-refractivity contribution in [2.45, 2.75) is 122 Å². The number of carbonyl (C=O) groups is 7. The van der Waals surface area contributed by atoms with Crippen LogP contribution < -0.4 is 66.7 Å². The molecule has 6 atom stereocenters. The molecule has 0 fully saturated rings. The Bertz CT molecular complexity index is 1330. The monoisotopic (exact) mass is 785 g/mol. The predicted octanol–water partition coefficient (Wildman–Crippen LogP) is -4.36. The van der Waals surface area contributed by atoms with Gasteiger partial charge in [-0.1, -0.05) is 34.1 Å². The second-order valence-corrected chi connectivity index (χ2v) is 13.8. The Balaban J connectivity index is 6.26. The van der Waals surface area contributed by atoms with E-state index in [1.54, 1.807) is 27.7 Å². The maximum Gasteiger partial charge on any atom is 0.326 e. The van der Waals surface area contributed by atoms with Crippen molar-refractivity contribution in [3.05, 3.63) is 0 Å². The summed E-state index contributed by atoms with van der Waals surface area (Å²) >= 11 is 0. The minimum Gasteiger partial charge on any atom is -0.480 e. The fraction of sp³-hybridized carbons (Fsp3) is 0.727. The van der Waals surface area contributed by atoms with Crippen LogP contribution in [0.5, 0.6) is 0 Å². The molecular weight excluding hydrogens is 720 g/mol. The summed E-state index contributed by atoms with van der Waals surface area (Å²) in [6, 6.07) is -7.25. The van der Waals surface area contributed by atoms with E-state index in [1.807, 2.05) is 0 Å². The van der Waals surface area contributed by atoms with Gasteiger partial charge in [0.25, 0.3) is 0 Å². The Hall–Kier alpha value is -5.25. The van der Waals surface area contributed by atoms with Crippen molar-refractivity contribution in [3.8, 4) is 0 Å². The first-order valence-electron chi connectivity index (χ1n) is 18.3. The van der Waals surface area contributed by atoms with Crippen LogP contribution in [0.2, 0.25) is 0 Å². The first-order valence-corrected chi connectivity index (χ1v) is 18.3. The topological polar surface area (TPSA) is 407 Å². The lowest BCUT2D eigenvalue weighted by atomic mass is 9.98. The van der Waals surface area contributed by atoms with E-state index in [0.717, 1.165) is 0 Å². The van der Waals surface area contributed by atoms with Gasteiger partial charge >= 0.3 is 5.97 Å². The number of nitrogens with zero attached hydrogens (tertiary/aromatic N) is 2. The minimum absolute atomic E-state index is 0.00691. The molecule has 0 rings (SSSR count). The highest BCUT2D eigenvalue weighted by molar-refractivity contribution is 5.96. The molecule has 0 spiro atoms. The number of nitrogens with two attached hydrogens (primary N) is 7. The number of hydrogen-bond donors (Lipinski definition) is 13. The number of rotatable bonds is 28. The maximum atomic E-state index is 13.8. The largest absolute Gasteiger partial charge is 0.480 e. The molecule has 22 nitrogen and oxygen atoms in total. The number of carboxylic acid groups (broad SMARTS) is 1. The quantitative estimate of drug-likeness (QED) is 0.0203. The van der Waals surface area contributed by atoms with Crippen LogP contribution in [0.15, 0.2) is 9.98 Å². The van der Waals surface area contributed by atoms with E-state index >= 15 is 0 Å². The molecule has 55 heavy (non-hydrogen) atoms. The standard InChI is InChI=1S/C33H64N14O8/c1-17(2)24(29(52)45-22(31(54)55)12-13-23(36)48)47-30(53)25(18(3)4)46-28(51)21(11-8-16-42-33(39)40)44-27(50)20(10-7-15-41-32(37)38)43-26(49)19(35)9-5-6-14-34/h17-22,24-25H,5-16,34-35H2,1-4H3,(H2,36,48)(H,43,49)(H,44,50)(H,45,52)(H,46,51)(H,47,53)(H,54,55)(H4,37,38,41)(H4,39,40,42)/t19-,20-,21-,22-,24-,25-/m0/s1. The van der Waals surface area contributed by atoms with Crippen molar-refractivity contribution >= 4 is 53.3 Å². The van der Waals surface area contributed by atoms with Crippen LogP contribution in [-0.4, -0.2) is 114 Å². The first-order chi connectivity index (χ1) is 25.7. The number of unbranched alkanes of at least 4 members (excludes halogenated alkanes) is 1. The highest BCUT2D eigenvalue weighted by Crippen LogP contribution is 2.11.